The summed E-state index contributed by atoms with van der Waals surface area (Å²) >= 11 is 1.88. The van der Waals surface area contributed by atoms with E-state index in [4.69, 9.17) is 0 Å². The Morgan fingerprint density at radius 3 is 2.71 bits per heavy atom. The normalized spacial score (nSPS) is 24.7. The molecule has 0 spiro atoms. The van der Waals surface area contributed by atoms with Crippen LogP contribution in [0.1, 0.15) is 20.3 Å². The minimum atomic E-state index is -1.00. The van der Waals surface area contributed by atoms with Gasteiger partial charge in [0.25, 0.3) is 0 Å². The zero-order valence-electron chi connectivity index (χ0n) is 8.95. The lowest BCUT2D eigenvalue weighted by Gasteiger charge is -2.34. The Hall–Kier alpha value is -0.220. The SMILES string of the molecule is COC(=O)C(O)C(C)(C)C1CCSC1. The van der Waals surface area contributed by atoms with E-state index in [1.165, 1.54) is 7.11 Å². The smallest absolute Gasteiger partial charge is 0.335 e. The van der Waals surface area contributed by atoms with Gasteiger partial charge in [0.1, 0.15) is 0 Å². The van der Waals surface area contributed by atoms with Crippen molar-refractivity contribution in [2.75, 3.05) is 18.6 Å². The van der Waals surface area contributed by atoms with Crippen molar-refractivity contribution in [3.63, 3.8) is 0 Å². The van der Waals surface area contributed by atoms with Gasteiger partial charge in [-0.3, -0.25) is 0 Å². The van der Waals surface area contributed by atoms with Crippen LogP contribution in [0.2, 0.25) is 0 Å². The zero-order valence-corrected chi connectivity index (χ0v) is 9.76. The van der Waals surface area contributed by atoms with Gasteiger partial charge in [0, 0.05) is 5.41 Å². The molecule has 1 N–H and O–H groups in total. The van der Waals surface area contributed by atoms with Gasteiger partial charge in [-0.25, -0.2) is 4.79 Å². The number of ether oxygens (including phenoxy) is 1. The lowest BCUT2D eigenvalue weighted by Crippen LogP contribution is -2.42. The highest BCUT2D eigenvalue weighted by Crippen LogP contribution is 2.40. The van der Waals surface area contributed by atoms with Gasteiger partial charge in [-0.1, -0.05) is 13.8 Å². The number of esters is 1. The molecule has 1 saturated heterocycles. The molecule has 0 radical (unpaired) electrons. The van der Waals surface area contributed by atoms with E-state index >= 15 is 0 Å². The van der Waals surface area contributed by atoms with Crippen molar-refractivity contribution >= 4 is 17.7 Å². The molecule has 0 aromatic rings. The van der Waals surface area contributed by atoms with Crippen LogP contribution in [-0.2, 0) is 9.53 Å². The Labute approximate surface area is 89.2 Å². The second-order valence-corrected chi connectivity index (χ2v) is 5.46. The van der Waals surface area contributed by atoms with Crippen LogP contribution in [0.4, 0.5) is 0 Å². The number of aliphatic hydroxyl groups excluding tert-OH is 1. The van der Waals surface area contributed by atoms with Crippen LogP contribution in [-0.4, -0.2) is 35.8 Å². The Balaban J connectivity index is 2.66. The minimum absolute atomic E-state index is 0.378. The first-order chi connectivity index (χ1) is 6.50. The first-order valence-electron chi connectivity index (χ1n) is 4.83. The molecule has 1 aliphatic rings. The molecule has 14 heavy (non-hydrogen) atoms. The number of carbonyl (C=O) groups excluding carboxylic acids is 1. The minimum Gasteiger partial charge on any atom is -0.467 e. The van der Waals surface area contributed by atoms with Gasteiger partial charge >= 0.3 is 5.97 Å². The number of methoxy groups -OCH3 is 1. The second-order valence-electron chi connectivity index (χ2n) is 4.31. The van der Waals surface area contributed by atoms with E-state index in [2.05, 4.69) is 4.74 Å². The Bertz CT molecular complexity index is 209. The van der Waals surface area contributed by atoms with E-state index in [0.29, 0.717) is 5.92 Å². The van der Waals surface area contributed by atoms with Gasteiger partial charge in [0.05, 0.1) is 7.11 Å². The first kappa shape index (κ1) is 11.9. The summed E-state index contributed by atoms with van der Waals surface area (Å²) < 4.78 is 4.56. The van der Waals surface area contributed by atoms with Crippen molar-refractivity contribution in [1.82, 2.24) is 0 Å². The van der Waals surface area contributed by atoms with Gasteiger partial charge < -0.3 is 9.84 Å². The summed E-state index contributed by atoms with van der Waals surface area (Å²) in [7, 11) is 1.31. The maximum absolute atomic E-state index is 11.2. The van der Waals surface area contributed by atoms with Crippen molar-refractivity contribution in [2.24, 2.45) is 11.3 Å². The highest BCUT2D eigenvalue weighted by molar-refractivity contribution is 7.99. The fraction of sp³-hybridized carbons (Fsp3) is 0.900. The third kappa shape index (κ3) is 2.23. The maximum atomic E-state index is 11.2. The average molecular weight is 218 g/mol. The quantitative estimate of drug-likeness (QED) is 0.725. The highest BCUT2D eigenvalue weighted by Gasteiger charge is 2.42. The molecular formula is C10H18O3S. The monoisotopic (exact) mass is 218 g/mol. The Morgan fingerprint density at radius 2 is 2.29 bits per heavy atom. The molecule has 0 aliphatic carbocycles. The van der Waals surface area contributed by atoms with Gasteiger partial charge in [0.2, 0.25) is 0 Å². The van der Waals surface area contributed by atoms with Crippen LogP contribution in [0.25, 0.3) is 0 Å². The van der Waals surface area contributed by atoms with E-state index in [0.717, 1.165) is 17.9 Å². The lowest BCUT2D eigenvalue weighted by molar-refractivity contribution is -0.159. The molecular weight excluding hydrogens is 200 g/mol. The molecule has 3 nitrogen and oxygen atoms in total. The van der Waals surface area contributed by atoms with Crippen molar-refractivity contribution in [2.45, 2.75) is 26.4 Å². The number of rotatable bonds is 3. The largest absolute Gasteiger partial charge is 0.467 e. The molecule has 1 heterocycles. The molecule has 0 amide bonds. The summed E-state index contributed by atoms with van der Waals surface area (Å²) in [5.74, 6) is 2.04. The lowest BCUT2D eigenvalue weighted by atomic mass is 9.74. The number of hydrogen-bond donors (Lipinski definition) is 1. The predicted octanol–water partition coefficient (Wildman–Crippen LogP) is 1.30. The first-order valence-corrected chi connectivity index (χ1v) is 5.99. The standard InChI is InChI=1S/C10H18O3S/c1-10(2,7-4-5-14-6-7)8(11)9(12)13-3/h7-8,11H,4-6H2,1-3H3. The summed E-state index contributed by atoms with van der Waals surface area (Å²) in [5, 5.41) is 9.82. The van der Waals surface area contributed by atoms with Gasteiger partial charge in [-0.05, 0) is 23.8 Å². The van der Waals surface area contributed by atoms with E-state index in [1.54, 1.807) is 0 Å². The molecule has 1 aliphatic heterocycles. The summed E-state index contributed by atoms with van der Waals surface area (Å²) in [6.45, 7) is 3.87. The molecule has 0 aromatic carbocycles. The van der Waals surface area contributed by atoms with E-state index in [1.807, 2.05) is 25.6 Å². The maximum Gasteiger partial charge on any atom is 0.335 e. The molecule has 1 rings (SSSR count). The zero-order chi connectivity index (χ0) is 10.8. The molecule has 2 unspecified atom stereocenters. The topological polar surface area (TPSA) is 46.5 Å². The third-order valence-electron chi connectivity index (χ3n) is 3.11. The van der Waals surface area contributed by atoms with Crippen LogP contribution in [0.3, 0.4) is 0 Å². The van der Waals surface area contributed by atoms with Crippen molar-refractivity contribution in [3.8, 4) is 0 Å². The van der Waals surface area contributed by atoms with Crippen molar-refractivity contribution in [3.05, 3.63) is 0 Å². The van der Waals surface area contributed by atoms with Crippen LogP contribution >= 0.6 is 11.8 Å². The van der Waals surface area contributed by atoms with E-state index in [9.17, 15) is 9.90 Å². The molecule has 2 atom stereocenters. The van der Waals surface area contributed by atoms with Gasteiger partial charge in [-0.2, -0.15) is 11.8 Å². The fourth-order valence-corrected chi connectivity index (χ4v) is 3.26. The number of thioether (sulfide) groups is 1. The number of hydrogen-bond acceptors (Lipinski definition) is 4. The molecule has 0 bridgehead atoms. The summed E-state index contributed by atoms with van der Waals surface area (Å²) in [6.07, 6.45) is 0.0716. The summed E-state index contributed by atoms with van der Waals surface area (Å²) in [5.41, 5.74) is -0.378. The molecule has 4 heteroatoms. The molecule has 82 valence electrons. The van der Waals surface area contributed by atoms with Gasteiger partial charge in [0.15, 0.2) is 6.10 Å². The fourth-order valence-electron chi connectivity index (χ4n) is 1.76. The second kappa shape index (κ2) is 4.53. The molecule has 0 aromatic heterocycles. The summed E-state index contributed by atoms with van der Waals surface area (Å²) in [4.78, 5) is 11.2. The highest BCUT2D eigenvalue weighted by atomic mass is 32.2. The molecule has 1 fully saturated rings. The van der Waals surface area contributed by atoms with Crippen molar-refractivity contribution in [1.29, 1.82) is 0 Å². The van der Waals surface area contributed by atoms with Crippen molar-refractivity contribution < 1.29 is 14.6 Å². The average Bonchev–Trinajstić information content (AvgIpc) is 2.68. The predicted molar refractivity (Wildman–Crippen MR) is 57.2 cm³/mol. The molecule has 0 saturated carbocycles. The van der Waals surface area contributed by atoms with Crippen LogP contribution in [0.5, 0.6) is 0 Å². The van der Waals surface area contributed by atoms with Crippen LogP contribution in [0, 0.1) is 11.3 Å². The number of carbonyl (C=O) groups is 1. The number of aliphatic hydroxyl groups is 1. The third-order valence-corrected chi connectivity index (χ3v) is 4.27. The van der Waals surface area contributed by atoms with Crippen LogP contribution in [0.15, 0.2) is 0 Å². The van der Waals surface area contributed by atoms with Gasteiger partial charge in [-0.15, -0.1) is 0 Å². The Morgan fingerprint density at radius 1 is 1.64 bits per heavy atom. The summed E-state index contributed by atoms with van der Waals surface area (Å²) in [6, 6.07) is 0. The van der Waals surface area contributed by atoms with E-state index < -0.39 is 12.1 Å². The van der Waals surface area contributed by atoms with E-state index in [-0.39, 0.29) is 5.41 Å². The Kier molecular flexibility index (Phi) is 3.84. The van der Waals surface area contributed by atoms with Crippen LogP contribution < -0.4 is 0 Å².